The average Bonchev–Trinajstić information content (AvgIpc) is 3.10. The maximum absolute atomic E-state index is 12.8. The van der Waals surface area contributed by atoms with Crippen LogP contribution in [-0.4, -0.2) is 37.3 Å². The second-order valence-electron chi connectivity index (χ2n) is 6.50. The summed E-state index contributed by atoms with van der Waals surface area (Å²) < 4.78 is 33.8. The number of hydrogen-bond donors (Lipinski definition) is 4. The smallest absolute Gasteiger partial charge is 0.337 e. The van der Waals surface area contributed by atoms with E-state index in [0.717, 1.165) is 16.5 Å². The number of ether oxygens (including phenoxy) is 1. The third kappa shape index (κ3) is 4.58. The lowest BCUT2D eigenvalue weighted by atomic mass is 10.1. The molecule has 1 atom stereocenters. The number of H-pyrrole nitrogens is 1. The Morgan fingerprint density at radius 3 is 2.72 bits per heavy atom. The number of carboxylic acids is 1. The highest BCUT2D eigenvalue weighted by Crippen LogP contribution is 2.25. The van der Waals surface area contributed by atoms with E-state index in [1.165, 1.54) is 24.3 Å². The Morgan fingerprint density at radius 2 is 2.03 bits per heavy atom. The third-order valence-corrected chi connectivity index (χ3v) is 6.00. The van der Waals surface area contributed by atoms with Crippen molar-refractivity contribution in [2.75, 3.05) is 6.54 Å². The van der Waals surface area contributed by atoms with Crippen molar-refractivity contribution in [3.8, 4) is 5.75 Å². The fraction of sp³-hybridized carbons (Fsp3) is 0.250. The minimum Gasteiger partial charge on any atom is -0.478 e. The molecule has 1 heterocycles. The predicted octanol–water partition coefficient (Wildman–Crippen LogP) is 2.46. The van der Waals surface area contributed by atoms with Gasteiger partial charge in [-0.1, -0.05) is 19.1 Å². The zero-order chi connectivity index (χ0) is 21.0. The summed E-state index contributed by atoms with van der Waals surface area (Å²) in [7, 11) is -4.09. The van der Waals surface area contributed by atoms with Crippen molar-refractivity contribution in [1.82, 2.24) is 9.71 Å². The molecule has 0 aliphatic carbocycles. The molecule has 0 aliphatic heterocycles. The van der Waals surface area contributed by atoms with E-state index < -0.39 is 22.2 Å². The van der Waals surface area contributed by atoms with Crippen molar-refractivity contribution in [2.45, 2.75) is 30.9 Å². The minimum atomic E-state index is -4.09. The number of sulfonamides is 1. The number of aromatic amines is 1. The monoisotopic (exact) mass is 417 g/mol. The maximum Gasteiger partial charge on any atom is 0.337 e. The van der Waals surface area contributed by atoms with Crippen LogP contribution in [0.5, 0.6) is 5.75 Å². The quantitative estimate of drug-likeness (QED) is 0.395. The summed E-state index contributed by atoms with van der Waals surface area (Å²) in [5.41, 5.74) is 7.34. The molecule has 8 nitrogen and oxygen atoms in total. The van der Waals surface area contributed by atoms with Crippen LogP contribution in [-0.2, 0) is 16.4 Å². The molecule has 3 rings (SSSR count). The van der Waals surface area contributed by atoms with Gasteiger partial charge in [0.15, 0.2) is 6.23 Å². The second kappa shape index (κ2) is 8.64. The molecule has 0 saturated heterocycles. The normalized spacial score (nSPS) is 12.8. The van der Waals surface area contributed by atoms with Crippen LogP contribution in [0.15, 0.2) is 53.6 Å². The van der Waals surface area contributed by atoms with Crippen LogP contribution in [0.25, 0.3) is 10.9 Å². The van der Waals surface area contributed by atoms with Crippen LogP contribution in [0.3, 0.4) is 0 Å². The summed E-state index contributed by atoms with van der Waals surface area (Å²) in [6, 6.07) is 10.9. The van der Waals surface area contributed by atoms with E-state index in [9.17, 15) is 18.3 Å². The number of benzene rings is 2. The molecule has 0 fully saturated rings. The number of rotatable bonds is 9. The highest BCUT2D eigenvalue weighted by molar-refractivity contribution is 7.89. The van der Waals surface area contributed by atoms with E-state index >= 15 is 0 Å². The third-order valence-electron chi connectivity index (χ3n) is 4.50. The molecule has 0 radical (unpaired) electrons. The number of hydrogen-bond acceptors (Lipinski definition) is 5. The molecule has 0 amide bonds. The van der Waals surface area contributed by atoms with Gasteiger partial charge in [-0.3, -0.25) is 0 Å². The van der Waals surface area contributed by atoms with Crippen LogP contribution in [0.1, 0.15) is 29.3 Å². The number of fused-ring (bicyclic) bond motifs is 1. The lowest BCUT2D eigenvalue weighted by Crippen LogP contribution is -2.39. The fourth-order valence-electron chi connectivity index (χ4n) is 3.06. The molecular formula is C20H23N3O5S. The van der Waals surface area contributed by atoms with Gasteiger partial charge in [0.25, 0.3) is 0 Å². The van der Waals surface area contributed by atoms with Crippen molar-refractivity contribution in [1.29, 1.82) is 0 Å². The molecule has 1 unspecified atom stereocenters. The van der Waals surface area contributed by atoms with Crippen LogP contribution < -0.4 is 15.2 Å². The summed E-state index contributed by atoms with van der Waals surface area (Å²) in [6.07, 6.45) is 2.08. The first kappa shape index (κ1) is 20.8. The summed E-state index contributed by atoms with van der Waals surface area (Å²) in [5.74, 6) is -0.818. The van der Waals surface area contributed by atoms with Crippen LogP contribution in [0.4, 0.5) is 0 Å². The molecule has 0 aliphatic rings. The van der Waals surface area contributed by atoms with E-state index in [2.05, 4.69) is 9.71 Å². The summed E-state index contributed by atoms with van der Waals surface area (Å²) in [6.45, 7) is 2.28. The van der Waals surface area contributed by atoms with Gasteiger partial charge in [-0.2, -0.15) is 4.72 Å². The van der Waals surface area contributed by atoms with E-state index in [1.54, 1.807) is 13.0 Å². The van der Waals surface area contributed by atoms with Gasteiger partial charge in [-0.15, -0.1) is 0 Å². The molecular weight excluding hydrogens is 394 g/mol. The fourth-order valence-corrected chi connectivity index (χ4v) is 4.45. The van der Waals surface area contributed by atoms with E-state index in [0.29, 0.717) is 25.1 Å². The molecule has 1 aromatic heterocycles. The number of aromatic carboxylic acids is 1. The Balaban J connectivity index is 1.84. The second-order valence-corrected chi connectivity index (χ2v) is 8.18. The highest BCUT2D eigenvalue weighted by Gasteiger charge is 2.25. The molecule has 2 aromatic carbocycles. The Labute approximate surface area is 168 Å². The number of carboxylic acid groups (broad SMARTS) is 1. The van der Waals surface area contributed by atoms with Gasteiger partial charge < -0.3 is 20.6 Å². The molecule has 5 N–H and O–H groups in total. The summed E-state index contributed by atoms with van der Waals surface area (Å²) >= 11 is 0. The zero-order valence-electron chi connectivity index (χ0n) is 15.9. The van der Waals surface area contributed by atoms with Gasteiger partial charge in [-0.25, -0.2) is 13.2 Å². The average molecular weight is 417 g/mol. The Morgan fingerprint density at radius 1 is 1.28 bits per heavy atom. The van der Waals surface area contributed by atoms with Crippen LogP contribution >= 0.6 is 0 Å². The molecule has 154 valence electrons. The number of nitrogens with one attached hydrogen (secondary N) is 2. The SMILES string of the molecule is CCC(NS(=O)(=O)c1ccccc1C(=O)O)Oc1ccc2[nH]cc(CCN)c2c1. The van der Waals surface area contributed by atoms with E-state index in [4.69, 9.17) is 10.5 Å². The maximum atomic E-state index is 12.8. The van der Waals surface area contributed by atoms with Crippen molar-refractivity contribution in [3.63, 3.8) is 0 Å². The van der Waals surface area contributed by atoms with Gasteiger partial charge in [0.1, 0.15) is 5.75 Å². The molecule has 29 heavy (non-hydrogen) atoms. The molecule has 0 spiro atoms. The largest absolute Gasteiger partial charge is 0.478 e. The minimum absolute atomic E-state index is 0.296. The van der Waals surface area contributed by atoms with E-state index in [1.807, 2.05) is 18.3 Å². The van der Waals surface area contributed by atoms with Crippen molar-refractivity contribution in [2.24, 2.45) is 5.73 Å². The lowest BCUT2D eigenvalue weighted by molar-refractivity contribution is 0.0692. The molecule has 3 aromatic rings. The first-order valence-corrected chi connectivity index (χ1v) is 10.7. The van der Waals surface area contributed by atoms with Crippen LogP contribution in [0, 0.1) is 0 Å². The first-order valence-electron chi connectivity index (χ1n) is 9.17. The molecule has 0 saturated carbocycles. The van der Waals surface area contributed by atoms with Crippen LogP contribution in [0.2, 0.25) is 0 Å². The van der Waals surface area contributed by atoms with Crippen molar-refractivity contribution in [3.05, 3.63) is 59.8 Å². The van der Waals surface area contributed by atoms with Crippen molar-refractivity contribution < 1.29 is 23.1 Å². The van der Waals surface area contributed by atoms with Gasteiger partial charge in [-0.05, 0) is 55.3 Å². The van der Waals surface area contributed by atoms with E-state index in [-0.39, 0.29) is 10.5 Å². The lowest BCUT2D eigenvalue weighted by Gasteiger charge is -2.20. The zero-order valence-corrected chi connectivity index (χ0v) is 16.7. The topological polar surface area (TPSA) is 135 Å². The molecule has 9 heteroatoms. The standard InChI is InChI=1S/C20H23N3O5S/c1-2-19(23-29(26,27)18-6-4-3-5-15(18)20(24)25)28-14-7-8-17-16(11-14)13(9-10-21)12-22-17/h3-8,11-12,19,22-23H,2,9-10,21H2,1H3,(H,24,25). The first-order chi connectivity index (χ1) is 13.9. The summed E-state index contributed by atoms with van der Waals surface area (Å²) in [5, 5.41) is 10.2. The Hall–Kier alpha value is -2.88. The number of carbonyl (C=O) groups is 1. The molecule has 0 bridgehead atoms. The predicted molar refractivity (Wildman–Crippen MR) is 109 cm³/mol. The van der Waals surface area contributed by atoms with Gasteiger partial charge in [0.05, 0.1) is 10.5 Å². The van der Waals surface area contributed by atoms with Gasteiger partial charge >= 0.3 is 5.97 Å². The van der Waals surface area contributed by atoms with Crippen molar-refractivity contribution >= 4 is 26.9 Å². The van der Waals surface area contributed by atoms with Gasteiger partial charge in [0, 0.05) is 17.1 Å². The number of aromatic nitrogens is 1. The number of nitrogens with two attached hydrogens (primary N) is 1. The summed E-state index contributed by atoms with van der Waals surface area (Å²) in [4.78, 5) is 14.2. The Bertz CT molecular complexity index is 1120. The van der Waals surface area contributed by atoms with Gasteiger partial charge in [0.2, 0.25) is 10.0 Å². The Kier molecular flexibility index (Phi) is 6.21. The highest BCUT2D eigenvalue weighted by atomic mass is 32.2.